The summed E-state index contributed by atoms with van der Waals surface area (Å²) in [6, 6.07) is 27.0. The van der Waals surface area contributed by atoms with E-state index >= 15 is 0 Å². The molecule has 1 atom stereocenters. The maximum absolute atomic E-state index is 6.19. The van der Waals surface area contributed by atoms with Crippen molar-refractivity contribution >= 4 is 17.1 Å². The van der Waals surface area contributed by atoms with E-state index in [0.717, 1.165) is 38.3 Å². The van der Waals surface area contributed by atoms with E-state index < -0.39 is 0 Å². The van der Waals surface area contributed by atoms with E-state index in [1.165, 1.54) is 47.6 Å². The molecule has 2 heterocycles. The van der Waals surface area contributed by atoms with Crippen molar-refractivity contribution in [2.24, 2.45) is 0 Å². The Kier molecular flexibility index (Phi) is 10.1. The van der Waals surface area contributed by atoms with Gasteiger partial charge in [0.25, 0.3) is 0 Å². The van der Waals surface area contributed by atoms with E-state index in [2.05, 4.69) is 115 Å². The molecule has 0 unspecified atom stereocenters. The van der Waals surface area contributed by atoms with Crippen molar-refractivity contribution in [2.45, 2.75) is 45.8 Å². The number of fused-ring (bicyclic) bond motifs is 2. The van der Waals surface area contributed by atoms with Crippen molar-refractivity contribution in [3.63, 3.8) is 0 Å². The Morgan fingerprint density at radius 2 is 1.58 bits per heavy atom. The third-order valence-corrected chi connectivity index (χ3v) is 7.63. The molecule has 0 aromatic heterocycles. The predicted molar refractivity (Wildman–Crippen MR) is 163 cm³/mol. The summed E-state index contributed by atoms with van der Waals surface area (Å²) >= 11 is 0. The lowest BCUT2D eigenvalue weighted by atomic mass is 10.1. The van der Waals surface area contributed by atoms with Crippen LogP contribution in [0.2, 0.25) is 0 Å². The third-order valence-electron chi connectivity index (χ3n) is 7.63. The van der Waals surface area contributed by atoms with Crippen LogP contribution in [0.3, 0.4) is 0 Å². The van der Waals surface area contributed by atoms with Gasteiger partial charge >= 0.3 is 0 Å². The number of rotatable bonds is 9. The molecule has 0 aliphatic carbocycles. The molecule has 4 heteroatoms. The molecule has 0 bridgehead atoms. The van der Waals surface area contributed by atoms with E-state index in [9.17, 15) is 0 Å². The Hall–Kier alpha value is -3.50. The maximum Gasteiger partial charge on any atom is 0.143 e. The first-order valence-corrected chi connectivity index (χ1v) is 14.1. The molecule has 5 rings (SSSR count). The average molecular weight is 510 g/mol. The molecular weight excluding hydrogens is 466 g/mol. The largest absolute Gasteiger partial charge is 0.487 e. The molecule has 3 aromatic rings. The molecular formula is C34H43N3O. The number of para-hydroxylation sites is 3. The number of nitrogens with zero attached hydrogens (tertiary/aromatic N) is 3. The first kappa shape index (κ1) is 27.5. The molecule has 1 fully saturated rings. The van der Waals surface area contributed by atoms with Crippen LogP contribution in [0.1, 0.15) is 37.8 Å². The van der Waals surface area contributed by atoms with Gasteiger partial charge < -0.3 is 14.5 Å². The standard InChI is InChI=1S/C30H37N3O.C4H6/c1-3-31(4-2)26-17-15-24(16-18-26)19-21-32-20-9-11-27(32)22-33-28-12-6-5-10-25(28)23-34-30-14-8-7-13-29(30)33;1-3-4-2/h5-8,10,12-18,27H,3-4,9,11,19-23H2,1-2H3;3-4H,1-2H2/t27-;/m1./s1. The summed E-state index contributed by atoms with van der Waals surface area (Å²) in [5, 5.41) is 0. The monoisotopic (exact) mass is 509 g/mol. The molecule has 200 valence electrons. The lowest BCUT2D eigenvalue weighted by molar-refractivity contribution is 0.261. The van der Waals surface area contributed by atoms with Gasteiger partial charge in [-0.2, -0.15) is 0 Å². The van der Waals surface area contributed by atoms with E-state index in [4.69, 9.17) is 4.74 Å². The number of anilines is 3. The van der Waals surface area contributed by atoms with E-state index in [-0.39, 0.29) is 0 Å². The number of hydrogen-bond acceptors (Lipinski definition) is 4. The normalized spacial score (nSPS) is 16.3. The lowest BCUT2D eigenvalue weighted by Crippen LogP contribution is -2.39. The highest BCUT2D eigenvalue weighted by molar-refractivity contribution is 5.72. The minimum atomic E-state index is 0.550. The topological polar surface area (TPSA) is 19.0 Å². The van der Waals surface area contributed by atoms with Gasteiger partial charge in [0, 0.05) is 49.2 Å². The number of ether oxygens (including phenoxy) is 1. The molecule has 3 aromatic carbocycles. The van der Waals surface area contributed by atoms with Crippen LogP contribution in [0, 0.1) is 0 Å². The van der Waals surface area contributed by atoms with Crippen molar-refractivity contribution in [2.75, 3.05) is 42.5 Å². The number of benzene rings is 3. The molecule has 38 heavy (non-hydrogen) atoms. The van der Waals surface area contributed by atoms with Gasteiger partial charge in [-0.05, 0) is 75.5 Å². The zero-order chi connectivity index (χ0) is 26.7. The molecule has 1 saturated heterocycles. The first-order chi connectivity index (χ1) is 18.7. The zero-order valence-electron chi connectivity index (χ0n) is 23.2. The van der Waals surface area contributed by atoms with Crippen molar-refractivity contribution in [3.05, 3.63) is 109 Å². The highest BCUT2D eigenvalue weighted by Gasteiger charge is 2.29. The third kappa shape index (κ3) is 6.68. The highest BCUT2D eigenvalue weighted by Crippen LogP contribution is 2.40. The molecule has 4 nitrogen and oxygen atoms in total. The van der Waals surface area contributed by atoms with E-state index in [1.54, 1.807) is 12.2 Å². The average Bonchev–Trinajstić information content (AvgIpc) is 3.35. The number of hydrogen-bond donors (Lipinski definition) is 0. The highest BCUT2D eigenvalue weighted by atomic mass is 16.5. The Morgan fingerprint density at radius 3 is 2.29 bits per heavy atom. The Balaban J connectivity index is 0.000000786. The van der Waals surface area contributed by atoms with Crippen LogP contribution < -0.4 is 14.5 Å². The van der Waals surface area contributed by atoms with Crippen molar-refractivity contribution in [1.82, 2.24) is 4.90 Å². The second kappa shape index (κ2) is 13.9. The second-order valence-electron chi connectivity index (χ2n) is 9.89. The summed E-state index contributed by atoms with van der Waals surface area (Å²) in [7, 11) is 0. The van der Waals surface area contributed by atoms with Gasteiger partial charge in [-0.25, -0.2) is 0 Å². The molecule has 0 N–H and O–H groups in total. The van der Waals surface area contributed by atoms with Crippen molar-refractivity contribution < 1.29 is 4.74 Å². The summed E-state index contributed by atoms with van der Waals surface area (Å²) in [6.45, 7) is 17.2. The fourth-order valence-electron chi connectivity index (χ4n) is 5.52. The Labute approximate surface area is 229 Å². The van der Waals surface area contributed by atoms with Gasteiger partial charge in [0.1, 0.15) is 12.4 Å². The van der Waals surface area contributed by atoms with Gasteiger partial charge in [0.15, 0.2) is 0 Å². The minimum Gasteiger partial charge on any atom is -0.487 e. The van der Waals surface area contributed by atoms with Gasteiger partial charge in [-0.15, -0.1) is 0 Å². The van der Waals surface area contributed by atoms with Gasteiger partial charge in [-0.1, -0.05) is 67.8 Å². The molecule has 2 aliphatic rings. The van der Waals surface area contributed by atoms with Crippen LogP contribution in [-0.2, 0) is 13.0 Å². The van der Waals surface area contributed by atoms with Gasteiger partial charge in [-0.3, -0.25) is 4.90 Å². The molecule has 0 radical (unpaired) electrons. The smallest absolute Gasteiger partial charge is 0.143 e. The fraction of sp³-hybridized carbons (Fsp3) is 0.353. The lowest BCUT2D eigenvalue weighted by Gasteiger charge is -2.32. The van der Waals surface area contributed by atoms with E-state index in [1.807, 2.05) is 0 Å². The fourth-order valence-corrected chi connectivity index (χ4v) is 5.52. The van der Waals surface area contributed by atoms with Crippen molar-refractivity contribution in [1.29, 1.82) is 0 Å². The second-order valence-corrected chi connectivity index (χ2v) is 9.89. The minimum absolute atomic E-state index is 0.550. The molecule has 0 saturated carbocycles. The molecule has 0 amide bonds. The van der Waals surface area contributed by atoms with Gasteiger partial charge in [0.05, 0.1) is 5.69 Å². The summed E-state index contributed by atoms with van der Waals surface area (Å²) < 4.78 is 6.19. The quantitative estimate of drug-likeness (QED) is 0.276. The van der Waals surface area contributed by atoms with Crippen LogP contribution in [-0.4, -0.2) is 43.7 Å². The predicted octanol–water partition coefficient (Wildman–Crippen LogP) is 7.63. The van der Waals surface area contributed by atoms with Crippen LogP contribution in [0.25, 0.3) is 0 Å². The first-order valence-electron chi connectivity index (χ1n) is 14.1. The Morgan fingerprint density at radius 1 is 0.895 bits per heavy atom. The zero-order valence-corrected chi connectivity index (χ0v) is 23.2. The van der Waals surface area contributed by atoms with Crippen molar-refractivity contribution in [3.8, 4) is 5.75 Å². The number of likely N-dealkylation sites (tertiary alicyclic amines) is 1. The molecule has 0 spiro atoms. The summed E-state index contributed by atoms with van der Waals surface area (Å²) in [5.41, 5.74) is 6.49. The van der Waals surface area contributed by atoms with Crippen LogP contribution in [0.15, 0.2) is 98.1 Å². The van der Waals surface area contributed by atoms with E-state index in [0.29, 0.717) is 12.6 Å². The number of allylic oxidation sites excluding steroid dienone is 2. The van der Waals surface area contributed by atoms with Crippen LogP contribution in [0.5, 0.6) is 5.75 Å². The summed E-state index contributed by atoms with van der Waals surface area (Å²) in [4.78, 5) is 7.61. The Bertz CT molecular complexity index is 1110. The summed E-state index contributed by atoms with van der Waals surface area (Å²) in [6.07, 6.45) is 6.91. The van der Waals surface area contributed by atoms with Crippen LogP contribution in [0.4, 0.5) is 17.1 Å². The summed E-state index contributed by atoms with van der Waals surface area (Å²) in [5.74, 6) is 0.983. The molecule has 2 aliphatic heterocycles. The van der Waals surface area contributed by atoms with Gasteiger partial charge in [0.2, 0.25) is 0 Å². The maximum atomic E-state index is 6.19. The SMILES string of the molecule is C=CC=C.CCN(CC)c1ccc(CCN2CCC[C@@H]2CN2c3ccccc3COc3ccccc32)cc1. The van der Waals surface area contributed by atoms with Crippen LogP contribution >= 0.6 is 0 Å².